The number of hydrogen-bond donors (Lipinski definition) is 1. The summed E-state index contributed by atoms with van der Waals surface area (Å²) in [6.45, 7) is 1.58. The molecule has 1 aliphatic heterocycles. The Labute approximate surface area is 181 Å². The maximum Gasteiger partial charge on any atom is 0.250 e. The molecule has 31 heavy (non-hydrogen) atoms. The quantitative estimate of drug-likeness (QED) is 0.615. The van der Waals surface area contributed by atoms with Gasteiger partial charge in [-0.25, -0.2) is 9.97 Å². The molecule has 3 aromatic rings. The SMILES string of the molecule is COc1ccc(Nc2ncnc3ccc4c(c23)OCCN4C(=O)/C=C/CN(C)C)cc1. The number of carbonyl (C=O) groups excluding carboxylic acids is 1. The standard InChI is InChI=1S/C23H25N5O3/c1-27(2)12-4-5-20(29)28-13-14-31-22-19(28)11-10-18-21(22)23(25-15-24-18)26-16-6-8-17(30-3)9-7-16/h4-11,15H,12-14H2,1-3H3,(H,24,25,26)/b5-4+. The van der Waals surface area contributed by atoms with Crippen LogP contribution in [0, 0.1) is 0 Å². The molecular weight excluding hydrogens is 394 g/mol. The molecule has 0 radical (unpaired) electrons. The molecule has 0 atom stereocenters. The summed E-state index contributed by atoms with van der Waals surface area (Å²) in [5.74, 6) is 1.92. The van der Waals surface area contributed by atoms with Gasteiger partial charge in [-0.05, 0) is 50.5 Å². The lowest BCUT2D eigenvalue weighted by Crippen LogP contribution is -2.37. The molecule has 0 spiro atoms. The molecule has 0 saturated heterocycles. The van der Waals surface area contributed by atoms with Crippen LogP contribution in [0.4, 0.5) is 17.2 Å². The minimum absolute atomic E-state index is 0.0766. The van der Waals surface area contributed by atoms with Crippen molar-refractivity contribution in [3.05, 3.63) is 54.9 Å². The Balaban J connectivity index is 1.70. The fraction of sp³-hybridized carbons (Fsp3) is 0.261. The van der Waals surface area contributed by atoms with Crippen LogP contribution in [0.2, 0.25) is 0 Å². The lowest BCUT2D eigenvalue weighted by molar-refractivity contribution is -0.114. The highest BCUT2D eigenvalue weighted by Crippen LogP contribution is 2.41. The van der Waals surface area contributed by atoms with Gasteiger partial charge in [0, 0.05) is 18.3 Å². The van der Waals surface area contributed by atoms with Crippen molar-refractivity contribution >= 4 is 34.0 Å². The Morgan fingerprint density at radius 2 is 2.03 bits per heavy atom. The van der Waals surface area contributed by atoms with Crippen molar-refractivity contribution in [3.8, 4) is 11.5 Å². The fourth-order valence-corrected chi connectivity index (χ4v) is 3.42. The molecule has 2 heterocycles. The third kappa shape index (κ3) is 4.44. The van der Waals surface area contributed by atoms with Crippen LogP contribution in [0.3, 0.4) is 0 Å². The number of amides is 1. The van der Waals surface area contributed by atoms with Gasteiger partial charge in [0.2, 0.25) is 0 Å². The lowest BCUT2D eigenvalue weighted by Gasteiger charge is -2.30. The maximum atomic E-state index is 12.8. The monoisotopic (exact) mass is 419 g/mol. The molecule has 8 nitrogen and oxygen atoms in total. The van der Waals surface area contributed by atoms with E-state index in [1.165, 1.54) is 6.33 Å². The Kier molecular flexibility index (Phi) is 5.99. The van der Waals surface area contributed by atoms with Crippen molar-refractivity contribution in [2.24, 2.45) is 0 Å². The van der Waals surface area contributed by atoms with E-state index < -0.39 is 0 Å². The molecule has 1 aliphatic rings. The molecule has 8 heteroatoms. The van der Waals surface area contributed by atoms with Crippen LogP contribution in [0.25, 0.3) is 10.9 Å². The molecule has 0 bridgehead atoms. The molecule has 160 valence electrons. The van der Waals surface area contributed by atoms with E-state index in [-0.39, 0.29) is 5.91 Å². The average molecular weight is 419 g/mol. The zero-order chi connectivity index (χ0) is 21.8. The van der Waals surface area contributed by atoms with E-state index in [4.69, 9.17) is 9.47 Å². The van der Waals surface area contributed by atoms with Gasteiger partial charge in [-0.2, -0.15) is 0 Å². The maximum absolute atomic E-state index is 12.8. The summed E-state index contributed by atoms with van der Waals surface area (Å²) in [7, 11) is 5.55. The topological polar surface area (TPSA) is 79.8 Å². The van der Waals surface area contributed by atoms with Crippen LogP contribution in [0.15, 0.2) is 54.9 Å². The molecule has 2 aromatic carbocycles. The molecule has 0 saturated carbocycles. The van der Waals surface area contributed by atoms with E-state index in [1.807, 2.05) is 61.5 Å². The second-order valence-electron chi connectivity index (χ2n) is 7.39. The molecule has 1 aromatic heterocycles. The predicted molar refractivity (Wildman–Crippen MR) is 121 cm³/mol. The predicted octanol–water partition coefficient (Wildman–Crippen LogP) is 3.23. The number of benzene rings is 2. The number of ether oxygens (including phenoxy) is 2. The van der Waals surface area contributed by atoms with Crippen molar-refractivity contribution in [2.75, 3.05) is 51.1 Å². The third-order valence-electron chi connectivity index (χ3n) is 4.94. The molecule has 1 N–H and O–H groups in total. The first-order valence-corrected chi connectivity index (χ1v) is 10.0. The van der Waals surface area contributed by atoms with Crippen molar-refractivity contribution < 1.29 is 14.3 Å². The molecule has 4 rings (SSSR count). The highest BCUT2D eigenvalue weighted by Gasteiger charge is 2.26. The number of carbonyl (C=O) groups is 1. The normalized spacial score (nSPS) is 13.4. The first kappa shape index (κ1) is 20.6. The van der Waals surface area contributed by atoms with Crippen LogP contribution in [-0.2, 0) is 4.79 Å². The summed E-state index contributed by atoms with van der Waals surface area (Å²) in [6.07, 6.45) is 4.98. The Morgan fingerprint density at radius 1 is 1.23 bits per heavy atom. The van der Waals surface area contributed by atoms with Gasteiger partial charge in [-0.3, -0.25) is 4.79 Å². The van der Waals surface area contributed by atoms with Crippen molar-refractivity contribution in [3.63, 3.8) is 0 Å². The van der Waals surface area contributed by atoms with Crippen molar-refractivity contribution in [1.82, 2.24) is 14.9 Å². The van der Waals surface area contributed by atoms with E-state index in [0.29, 0.717) is 37.0 Å². The second-order valence-corrected chi connectivity index (χ2v) is 7.39. The van der Waals surface area contributed by atoms with E-state index in [2.05, 4.69) is 15.3 Å². The van der Waals surface area contributed by atoms with Gasteiger partial charge < -0.3 is 24.6 Å². The lowest BCUT2D eigenvalue weighted by atomic mass is 10.1. The van der Waals surface area contributed by atoms with Crippen LogP contribution >= 0.6 is 0 Å². The number of nitrogens with one attached hydrogen (secondary N) is 1. The molecule has 0 aliphatic carbocycles. The third-order valence-corrected chi connectivity index (χ3v) is 4.94. The summed E-state index contributed by atoms with van der Waals surface area (Å²) in [5, 5.41) is 4.07. The first-order valence-electron chi connectivity index (χ1n) is 10.0. The number of nitrogens with zero attached hydrogens (tertiary/aromatic N) is 4. The van der Waals surface area contributed by atoms with Crippen LogP contribution < -0.4 is 19.7 Å². The second kappa shape index (κ2) is 9.01. The number of likely N-dealkylation sites (N-methyl/N-ethyl adjacent to an activating group) is 1. The Hall–Kier alpha value is -3.65. The minimum Gasteiger partial charge on any atom is -0.497 e. The van der Waals surface area contributed by atoms with Crippen LogP contribution in [0.1, 0.15) is 0 Å². The number of rotatable bonds is 6. The van der Waals surface area contributed by atoms with Gasteiger partial charge in [-0.1, -0.05) is 6.08 Å². The molecular formula is C23H25N5O3. The summed E-state index contributed by atoms with van der Waals surface area (Å²) in [5.41, 5.74) is 2.31. The van der Waals surface area contributed by atoms with Gasteiger partial charge >= 0.3 is 0 Å². The number of methoxy groups -OCH3 is 1. The Morgan fingerprint density at radius 3 is 2.77 bits per heavy atom. The van der Waals surface area contributed by atoms with Gasteiger partial charge in [-0.15, -0.1) is 0 Å². The van der Waals surface area contributed by atoms with Gasteiger partial charge in [0.15, 0.2) is 5.75 Å². The highest BCUT2D eigenvalue weighted by molar-refractivity contribution is 6.07. The van der Waals surface area contributed by atoms with E-state index in [9.17, 15) is 4.79 Å². The largest absolute Gasteiger partial charge is 0.497 e. The van der Waals surface area contributed by atoms with E-state index in [0.717, 1.165) is 22.3 Å². The van der Waals surface area contributed by atoms with Crippen molar-refractivity contribution in [1.29, 1.82) is 0 Å². The highest BCUT2D eigenvalue weighted by atomic mass is 16.5. The summed E-state index contributed by atoms with van der Waals surface area (Å²) >= 11 is 0. The number of fused-ring (bicyclic) bond motifs is 3. The molecule has 0 fully saturated rings. The van der Waals surface area contributed by atoms with Gasteiger partial charge in [0.05, 0.1) is 30.2 Å². The summed E-state index contributed by atoms with van der Waals surface area (Å²) < 4.78 is 11.2. The molecule has 0 unspecified atom stereocenters. The van der Waals surface area contributed by atoms with Gasteiger partial charge in [0.1, 0.15) is 24.5 Å². The zero-order valence-corrected chi connectivity index (χ0v) is 17.8. The van der Waals surface area contributed by atoms with Crippen LogP contribution in [-0.4, -0.2) is 61.7 Å². The van der Waals surface area contributed by atoms with Crippen LogP contribution in [0.5, 0.6) is 11.5 Å². The average Bonchev–Trinajstić information content (AvgIpc) is 2.78. The smallest absolute Gasteiger partial charge is 0.250 e. The number of hydrogen-bond acceptors (Lipinski definition) is 7. The fourth-order valence-electron chi connectivity index (χ4n) is 3.42. The minimum atomic E-state index is -0.0766. The first-order chi connectivity index (χ1) is 15.1. The number of aromatic nitrogens is 2. The number of anilines is 3. The van der Waals surface area contributed by atoms with Crippen molar-refractivity contribution in [2.45, 2.75) is 0 Å². The van der Waals surface area contributed by atoms with E-state index in [1.54, 1.807) is 18.1 Å². The van der Waals surface area contributed by atoms with Gasteiger partial charge in [0.25, 0.3) is 5.91 Å². The summed E-state index contributed by atoms with van der Waals surface area (Å²) in [6, 6.07) is 11.3. The Bertz CT molecular complexity index is 1110. The van der Waals surface area contributed by atoms with E-state index >= 15 is 0 Å². The zero-order valence-electron chi connectivity index (χ0n) is 17.8. The molecule has 1 amide bonds. The summed E-state index contributed by atoms with van der Waals surface area (Å²) in [4.78, 5) is 25.4.